The summed E-state index contributed by atoms with van der Waals surface area (Å²) in [5.41, 5.74) is 3.73. The Morgan fingerprint density at radius 3 is 2.71 bits per heavy atom. The molecular weight excluding hydrogens is 298 g/mol. The fourth-order valence-electron chi connectivity index (χ4n) is 3.55. The maximum absolute atomic E-state index is 12.9. The maximum atomic E-state index is 12.9. The van der Waals surface area contributed by atoms with Crippen molar-refractivity contribution in [2.45, 2.75) is 33.1 Å². The van der Waals surface area contributed by atoms with Gasteiger partial charge in [0.2, 0.25) is 0 Å². The second-order valence-electron chi connectivity index (χ2n) is 6.95. The largest absolute Gasteiger partial charge is 0.339 e. The minimum Gasteiger partial charge on any atom is -0.339 e. The number of rotatable bonds is 4. The van der Waals surface area contributed by atoms with E-state index in [0.717, 1.165) is 60.6 Å². The maximum Gasteiger partial charge on any atom is 0.255 e. The fraction of sp³-hybridized carbons (Fsp3) is 0.500. The van der Waals surface area contributed by atoms with E-state index in [4.69, 9.17) is 0 Å². The van der Waals surface area contributed by atoms with Gasteiger partial charge in [-0.25, -0.2) is 0 Å². The van der Waals surface area contributed by atoms with E-state index in [0.29, 0.717) is 0 Å². The Bertz CT molecular complexity index is 733. The first-order valence-electron chi connectivity index (χ1n) is 8.90. The van der Waals surface area contributed by atoms with Crippen LogP contribution in [0.3, 0.4) is 0 Å². The summed E-state index contributed by atoms with van der Waals surface area (Å²) in [5.74, 6) is 0.871. The summed E-state index contributed by atoms with van der Waals surface area (Å²) in [6, 6.07) is 8.20. The highest BCUT2D eigenvalue weighted by atomic mass is 16.2. The van der Waals surface area contributed by atoms with Gasteiger partial charge in [0, 0.05) is 18.5 Å². The second kappa shape index (κ2) is 7.31. The molecule has 1 N–H and O–H groups in total. The molecule has 1 saturated heterocycles. The van der Waals surface area contributed by atoms with Crippen LogP contribution in [0.4, 0.5) is 0 Å². The van der Waals surface area contributed by atoms with Crippen molar-refractivity contribution in [3.8, 4) is 0 Å². The molecule has 0 aliphatic carbocycles. The van der Waals surface area contributed by atoms with Crippen LogP contribution in [0.2, 0.25) is 0 Å². The smallest absolute Gasteiger partial charge is 0.255 e. The topological polar surface area (TPSA) is 45.2 Å². The summed E-state index contributed by atoms with van der Waals surface area (Å²) in [6.07, 6.45) is 3.41. The summed E-state index contributed by atoms with van der Waals surface area (Å²) in [5, 5.41) is 4.26. The normalized spacial score (nSPS) is 15.9. The van der Waals surface area contributed by atoms with E-state index < -0.39 is 0 Å². The van der Waals surface area contributed by atoms with E-state index in [-0.39, 0.29) is 5.91 Å². The van der Waals surface area contributed by atoms with Crippen molar-refractivity contribution >= 4 is 16.8 Å². The van der Waals surface area contributed by atoms with Crippen LogP contribution >= 0.6 is 0 Å². The molecule has 1 amide bonds. The number of likely N-dealkylation sites (tertiary alicyclic amines) is 1. The highest BCUT2D eigenvalue weighted by molar-refractivity contribution is 5.98. The van der Waals surface area contributed by atoms with Crippen molar-refractivity contribution in [3.63, 3.8) is 0 Å². The van der Waals surface area contributed by atoms with Crippen LogP contribution in [0.25, 0.3) is 10.9 Å². The summed E-state index contributed by atoms with van der Waals surface area (Å²) in [7, 11) is 2.00. The Balaban J connectivity index is 1.75. The monoisotopic (exact) mass is 325 g/mol. The second-order valence-corrected chi connectivity index (χ2v) is 6.95. The Labute approximate surface area is 144 Å². The molecule has 0 bridgehead atoms. The molecule has 0 spiro atoms. The number of piperidine rings is 1. The molecule has 1 aliphatic rings. The lowest BCUT2D eigenvalue weighted by molar-refractivity contribution is 0.0686. The lowest BCUT2D eigenvalue weighted by Gasteiger charge is -2.32. The first-order chi connectivity index (χ1) is 11.6. The van der Waals surface area contributed by atoms with Gasteiger partial charge in [-0.3, -0.25) is 9.78 Å². The molecule has 2 aromatic rings. The third-order valence-corrected chi connectivity index (χ3v) is 5.10. The van der Waals surface area contributed by atoms with E-state index in [1.165, 1.54) is 12.0 Å². The molecule has 0 unspecified atom stereocenters. The molecular formula is C20H27N3O. The zero-order valence-electron chi connectivity index (χ0n) is 14.9. The first kappa shape index (κ1) is 16.9. The number of carbonyl (C=O) groups is 1. The highest BCUT2D eigenvalue weighted by Crippen LogP contribution is 2.24. The van der Waals surface area contributed by atoms with Gasteiger partial charge >= 0.3 is 0 Å². The van der Waals surface area contributed by atoms with Gasteiger partial charge in [-0.1, -0.05) is 11.6 Å². The minimum absolute atomic E-state index is 0.135. The summed E-state index contributed by atoms with van der Waals surface area (Å²) in [4.78, 5) is 19.6. The van der Waals surface area contributed by atoms with Crippen molar-refractivity contribution in [1.29, 1.82) is 0 Å². The Morgan fingerprint density at radius 2 is 2.00 bits per heavy atom. The molecule has 1 aliphatic heterocycles. The lowest BCUT2D eigenvalue weighted by Crippen LogP contribution is -2.39. The zero-order chi connectivity index (χ0) is 17.1. The van der Waals surface area contributed by atoms with Gasteiger partial charge in [0.25, 0.3) is 5.91 Å². The van der Waals surface area contributed by atoms with Gasteiger partial charge in [0.05, 0.1) is 16.8 Å². The van der Waals surface area contributed by atoms with E-state index in [9.17, 15) is 4.79 Å². The van der Waals surface area contributed by atoms with E-state index in [2.05, 4.69) is 29.4 Å². The number of aromatic nitrogens is 1. The van der Waals surface area contributed by atoms with Gasteiger partial charge in [-0.05, 0) is 70.8 Å². The number of hydrogen-bond acceptors (Lipinski definition) is 3. The van der Waals surface area contributed by atoms with Crippen LogP contribution < -0.4 is 5.32 Å². The zero-order valence-corrected chi connectivity index (χ0v) is 14.9. The lowest BCUT2D eigenvalue weighted by atomic mass is 9.93. The van der Waals surface area contributed by atoms with Crippen molar-refractivity contribution in [2.75, 3.05) is 26.7 Å². The number of pyridine rings is 1. The average molecular weight is 325 g/mol. The molecule has 4 nitrogen and oxygen atoms in total. The number of fused-ring (bicyclic) bond motifs is 1. The van der Waals surface area contributed by atoms with Gasteiger partial charge in [-0.2, -0.15) is 0 Å². The quantitative estimate of drug-likeness (QED) is 0.938. The molecule has 1 aromatic heterocycles. The van der Waals surface area contributed by atoms with Gasteiger partial charge in [-0.15, -0.1) is 0 Å². The number of amides is 1. The minimum atomic E-state index is 0.135. The Kier molecular flexibility index (Phi) is 5.14. The van der Waals surface area contributed by atoms with E-state index in [1.807, 2.05) is 31.0 Å². The van der Waals surface area contributed by atoms with Crippen LogP contribution in [0.5, 0.6) is 0 Å². The van der Waals surface area contributed by atoms with Crippen molar-refractivity contribution in [1.82, 2.24) is 15.2 Å². The predicted octanol–water partition coefficient (Wildman–Crippen LogP) is 3.31. The fourth-order valence-corrected chi connectivity index (χ4v) is 3.55. The van der Waals surface area contributed by atoms with Crippen LogP contribution in [0.1, 0.15) is 40.9 Å². The summed E-state index contributed by atoms with van der Waals surface area (Å²) in [6.45, 7) is 6.78. The van der Waals surface area contributed by atoms with E-state index >= 15 is 0 Å². The SMILES string of the molecule is CNCCC1CCN(C(=O)c2cc3cc(C)ccc3nc2C)CC1. The molecule has 0 saturated carbocycles. The number of nitrogens with zero attached hydrogens (tertiary/aromatic N) is 2. The Hall–Kier alpha value is -1.94. The molecule has 24 heavy (non-hydrogen) atoms. The molecule has 1 fully saturated rings. The Morgan fingerprint density at radius 1 is 1.25 bits per heavy atom. The number of hydrogen-bond donors (Lipinski definition) is 1. The van der Waals surface area contributed by atoms with Crippen molar-refractivity contribution in [3.05, 3.63) is 41.1 Å². The first-order valence-corrected chi connectivity index (χ1v) is 8.90. The van der Waals surface area contributed by atoms with Crippen LogP contribution in [0.15, 0.2) is 24.3 Å². The molecule has 3 rings (SSSR count). The molecule has 4 heteroatoms. The van der Waals surface area contributed by atoms with Crippen LogP contribution in [-0.2, 0) is 0 Å². The molecule has 0 radical (unpaired) electrons. The number of carbonyl (C=O) groups excluding carboxylic acids is 1. The van der Waals surface area contributed by atoms with Gasteiger partial charge < -0.3 is 10.2 Å². The van der Waals surface area contributed by atoms with Crippen LogP contribution in [0, 0.1) is 19.8 Å². The number of aryl methyl sites for hydroxylation is 2. The van der Waals surface area contributed by atoms with Crippen LogP contribution in [-0.4, -0.2) is 42.5 Å². The highest BCUT2D eigenvalue weighted by Gasteiger charge is 2.24. The average Bonchev–Trinajstić information content (AvgIpc) is 2.59. The van der Waals surface area contributed by atoms with Gasteiger partial charge in [0.15, 0.2) is 0 Å². The molecule has 128 valence electrons. The molecule has 0 atom stereocenters. The third kappa shape index (κ3) is 3.59. The molecule has 2 heterocycles. The summed E-state index contributed by atoms with van der Waals surface area (Å²) >= 11 is 0. The third-order valence-electron chi connectivity index (χ3n) is 5.10. The van der Waals surface area contributed by atoms with Crippen molar-refractivity contribution in [2.24, 2.45) is 5.92 Å². The standard InChI is InChI=1S/C20H27N3O/c1-14-4-5-19-17(12-14)13-18(15(2)22-19)20(24)23-10-7-16(8-11-23)6-9-21-3/h4-5,12-13,16,21H,6-11H2,1-3H3. The van der Waals surface area contributed by atoms with Gasteiger partial charge in [0.1, 0.15) is 0 Å². The van der Waals surface area contributed by atoms with Crippen molar-refractivity contribution < 1.29 is 4.79 Å². The summed E-state index contributed by atoms with van der Waals surface area (Å²) < 4.78 is 0. The molecule has 1 aromatic carbocycles. The predicted molar refractivity (Wildman–Crippen MR) is 98.4 cm³/mol. The number of benzene rings is 1. The van der Waals surface area contributed by atoms with E-state index in [1.54, 1.807) is 0 Å². The number of nitrogens with one attached hydrogen (secondary N) is 1.